The summed E-state index contributed by atoms with van der Waals surface area (Å²) in [6.07, 6.45) is 8.20. The molecule has 0 aliphatic heterocycles. The first kappa shape index (κ1) is 13.6. The molecule has 0 spiro atoms. The third-order valence-electron chi connectivity index (χ3n) is 5.02. The molecule has 102 valence electrons. The Hall–Kier alpha value is -0.860. The summed E-state index contributed by atoms with van der Waals surface area (Å²) in [7, 11) is 0. The van der Waals surface area contributed by atoms with Crippen LogP contribution in [0.1, 0.15) is 45.4 Å². The van der Waals surface area contributed by atoms with Crippen LogP contribution in [0.2, 0.25) is 0 Å². The molecule has 0 N–H and O–H groups in total. The molecule has 0 unspecified atom stereocenters. The quantitative estimate of drug-likeness (QED) is 0.569. The lowest BCUT2D eigenvalue weighted by molar-refractivity contribution is -0.150. The van der Waals surface area contributed by atoms with Crippen molar-refractivity contribution in [1.82, 2.24) is 0 Å². The highest BCUT2D eigenvalue weighted by Crippen LogP contribution is 2.60. The highest BCUT2D eigenvalue weighted by Gasteiger charge is 2.51. The van der Waals surface area contributed by atoms with Gasteiger partial charge in [-0.15, -0.1) is 0 Å². The fourth-order valence-corrected chi connectivity index (χ4v) is 4.81. The van der Waals surface area contributed by atoms with Gasteiger partial charge in [0.25, 0.3) is 0 Å². The highest BCUT2D eigenvalue weighted by molar-refractivity contribution is 5.86. The lowest BCUT2D eigenvalue weighted by Crippen LogP contribution is -2.48. The molecule has 0 aromatic heterocycles. The standard InChI is InChI=1S/C15H22O2.FH/c1-10(2)14(16)17-9-15-6-11-3-12(7-15)5-13(4-11)8-15;/h11-13H,1,3-9H2,2H3;1H. The molecule has 0 radical (unpaired) electrons. The van der Waals surface area contributed by atoms with Gasteiger partial charge in [0.15, 0.2) is 0 Å². The lowest BCUT2D eigenvalue weighted by atomic mass is 9.50. The van der Waals surface area contributed by atoms with Crippen LogP contribution in [0.3, 0.4) is 0 Å². The normalized spacial score (nSPS) is 40.2. The zero-order valence-corrected chi connectivity index (χ0v) is 11.1. The Balaban J connectivity index is 0.00000120. The molecule has 2 nitrogen and oxygen atoms in total. The van der Waals surface area contributed by atoms with Crippen molar-refractivity contribution in [1.29, 1.82) is 0 Å². The van der Waals surface area contributed by atoms with Crippen LogP contribution < -0.4 is 0 Å². The van der Waals surface area contributed by atoms with Crippen LogP contribution in [-0.4, -0.2) is 12.6 Å². The van der Waals surface area contributed by atoms with E-state index in [9.17, 15) is 4.79 Å². The van der Waals surface area contributed by atoms with Crippen molar-refractivity contribution in [3.63, 3.8) is 0 Å². The Kier molecular flexibility index (Phi) is 3.52. The summed E-state index contributed by atoms with van der Waals surface area (Å²) in [5, 5.41) is 0. The maximum Gasteiger partial charge on any atom is 0.333 e. The van der Waals surface area contributed by atoms with E-state index >= 15 is 0 Å². The number of halogens is 1. The Morgan fingerprint density at radius 1 is 1.17 bits per heavy atom. The SMILES string of the molecule is C=C(C)C(=O)OCC12CC3CC(CC(C3)C1)C2.F. The first-order valence-corrected chi connectivity index (χ1v) is 6.89. The maximum atomic E-state index is 11.5. The molecule has 4 aliphatic rings. The van der Waals surface area contributed by atoms with E-state index in [2.05, 4.69) is 6.58 Å². The summed E-state index contributed by atoms with van der Waals surface area (Å²) >= 11 is 0. The number of esters is 1. The van der Waals surface area contributed by atoms with Gasteiger partial charge in [-0.1, -0.05) is 6.58 Å². The first-order valence-electron chi connectivity index (χ1n) is 6.89. The Morgan fingerprint density at radius 3 is 2.00 bits per heavy atom. The molecule has 0 aromatic carbocycles. The molecule has 4 rings (SSSR count). The molecular weight excluding hydrogens is 231 g/mol. The number of rotatable bonds is 3. The molecule has 0 heterocycles. The second-order valence-electron chi connectivity index (χ2n) is 6.77. The van der Waals surface area contributed by atoms with E-state index in [1.54, 1.807) is 6.92 Å². The second-order valence-corrected chi connectivity index (χ2v) is 6.77. The van der Waals surface area contributed by atoms with Crippen molar-refractivity contribution in [2.45, 2.75) is 45.4 Å². The van der Waals surface area contributed by atoms with Crippen LogP contribution in [0, 0.1) is 23.2 Å². The zero-order valence-electron chi connectivity index (χ0n) is 11.1. The van der Waals surface area contributed by atoms with Gasteiger partial charge in [0.2, 0.25) is 0 Å². The first-order chi connectivity index (χ1) is 8.06. The summed E-state index contributed by atoms with van der Waals surface area (Å²) in [5.74, 6) is 2.56. The van der Waals surface area contributed by atoms with Crippen molar-refractivity contribution < 1.29 is 14.2 Å². The third-order valence-corrected chi connectivity index (χ3v) is 5.02. The van der Waals surface area contributed by atoms with Crippen LogP contribution in [0.5, 0.6) is 0 Å². The molecule has 4 fully saturated rings. The van der Waals surface area contributed by atoms with Gasteiger partial charge in [0, 0.05) is 11.0 Å². The maximum absolute atomic E-state index is 11.5. The Labute approximate surface area is 108 Å². The molecule has 18 heavy (non-hydrogen) atoms. The minimum atomic E-state index is -0.208. The van der Waals surface area contributed by atoms with Crippen LogP contribution in [0.25, 0.3) is 0 Å². The molecule has 0 saturated heterocycles. The predicted molar refractivity (Wildman–Crippen MR) is 68.9 cm³/mol. The van der Waals surface area contributed by atoms with E-state index in [0.717, 1.165) is 17.8 Å². The van der Waals surface area contributed by atoms with Gasteiger partial charge in [0.05, 0.1) is 6.61 Å². The van der Waals surface area contributed by atoms with Gasteiger partial charge in [-0.05, 0) is 63.2 Å². The van der Waals surface area contributed by atoms with Crippen LogP contribution in [0.4, 0.5) is 4.70 Å². The number of hydrogen-bond donors (Lipinski definition) is 0. The molecule has 4 bridgehead atoms. The lowest BCUT2D eigenvalue weighted by Gasteiger charge is -2.56. The van der Waals surface area contributed by atoms with Gasteiger partial charge < -0.3 is 4.74 Å². The largest absolute Gasteiger partial charge is 0.462 e. The van der Waals surface area contributed by atoms with Crippen LogP contribution >= 0.6 is 0 Å². The summed E-state index contributed by atoms with van der Waals surface area (Å²) in [6, 6.07) is 0. The highest BCUT2D eigenvalue weighted by atomic mass is 19.0. The van der Waals surface area contributed by atoms with Crippen LogP contribution in [0.15, 0.2) is 12.2 Å². The van der Waals surface area contributed by atoms with Crippen molar-refractivity contribution in [3.05, 3.63) is 12.2 Å². The van der Waals surface area contributed by atoms with Gasteiger partial charge in [-0.25, -0.2) is 4.79 Å². The van der Waals surface area contributed by atoms with E-state index in [-0.39, 0.29) is 10.7 Å². The summed E-state index contributed by atoms with van der Waals surface area (Å²) in [4.78, 5) is 11.5. The van der Waals surface area contributed by atoms with Crippen molar-refractivity contribution in [3.8, 4) is 0 Å². The van der Waals surface area contributed by atoms with E-state index in [1.165, 1.54) is 38.5 Å². The van der Waals surface area contributed by atoms with Crippen molar-refractivity contribution >= 4 is 5.97 Å². The molecular formula is C15H23FO2. The molecule has 4 saturated carbocycles. The predicted octanol–water partition coefficient (Wildman–Crippen LogP) is 3.47. The zero-order chi connectivity index (χ0) is 12.0. The fourth-order valence-electron chi connectivity index (χ4n) is 4.81. The average Bonchev–Trinajstić information content (AvgIpc) is 2.24. The van der Waals surface area contributed by atoms with Gasteiger partial charge in [-0.3, -0.25) is 4.70 Å². The average molecular weight is 254 g/mol. The summed E-state index contributed by atoms with van der Waals surface area (Å²) < 4.78 is 5.45. The van der Waals surface area contributed by atoms with Crippen molar-refractivity contribution in [2.24, 2.45) is 23.2 Å². The van der Waals surface area contributed by atoms with E-state index < -0.39 is 0 Å². The second kappa shape index (κ2) is 4.67. The summed E-state index contributed by atoms with van der Waals surface area (Å²) in [6.45, 7) is 6.01. The van der Waals surface area contributed by atoms with E-state index in [1.807, 2.05) is 0 Å². The number of carbonyl (C=O) groups is 1. The fraction of sp³-hybridized carbons (Fsp3) is 0.800. The number of hydrogen-bond acceptors (Lipinski definition) is 2. The number of carbonyl (C=O) groups excluding carboxylic acids is 1. The number of ether oxygens (including phenoxy) is 1. The Bertz CT molecular complexity index is 326. The Morgan fingerprint density at radius 2 is 1.61 bits per heavy atom. The monoisotopic (exact) mass is 254 g/mol. The molecule has 0 aromatic rings. The molecule has 4 aliphatic carbocycles. The van der Waals surface area contributed by atoms with E-state index in [0.29, 0.717) is 17.6 Å². The van der Waals surface area contributed by atoms with Gasteiger partial charge in [-0.2, -0.15) is 0 Å². The van der Waals surface area contributed by atoms with Crippen LogP contribution in [-0.2, 0) is 9.53 Å². The third kappa shape index (κ3) is 2.32. The van der Waals surface area contributed by atoms with Gasteiger partial charge >= 0.3 is 5.97 Å². The van der Waals surface area contributed by atoms with E-state index in [4.69, 9.17) is 4.74 Å². The summed E-state index contributed by atoms with van der Waals surface area (Å²) in [5.41, 5.74) is 0.856. The topological polar surface area (TPSA) is 26.3 Å². The minimum absolute atomic E-state index is 0. The van der Waals surface area contributed by atoms with Gasteiger partial charge in [0.1, 0.15) is 0 Å². The minimum Gasteiger partial charge on any atom is -0.462 e. The molecule has 0 amide bonds. The molecule has 0 atom stereocenters. The molecule has 3 heteroatoms. The smallest absolute Gasteiger partial charge is 0.333 e. The van der Waals surface area contributed by atoms with Crippen molar-refractivity contribution in [2.75, 3.05) is 6.61 Å².